The van der Waals surface area contributed by atoms with Gasteiger partial charge in [-0.1, -0.05) is 0 Å². The van der Waals surface area contributed by atoms with Gasteiger partial charge in [-0.05, 0) is 41.5 Å². The van der Waals surface area contributed by atoms with E-state index in [4.69, 9.17) is 10.2 Å². The van der Waals surface area contributed by atoms with Crippen molar-refractivity contribution in [2.24, 2.45) is 0 Å². The van der Waals surface area contributed by atoms with E-state index in [-0.39, 0.29) is 33.4 Å². The van der Waals surface area contributed by atoms with Crippen LogP contribution in [0.15, 0.2) is 0 Å². The molecular weight excluding hydrogens is 203 g/mol. The summed E-state index contributed by atoms with van der Waals surface area (Å²) >= 11 is 0. The van der Waals surface area contributed by atoms with Crippen molar-refractivity contribution in [1.82, 2.24) is 0 Å². The van der Waals surface area contributed by atoms with E-state index in [1.165, 1.54) is 0 Å². The van der Waals surface area contributed by atoms with E-state index in [0.717, 1.165) is 0 Å². The van der Waals surface area contributed by atoms with E-state index in [0.29, 0.717) is 0 Å². The second kappa shape index (κ2) is 10.6. The minimum atomic E-state index is -0.500. The van der Waals surface area contributed by atoms with Crippen LogP contribution in [0.25, 0.3) is 0 Å². The van der Waals surface area contributed by atoms with Gasteiger partial charge in [-0.3, -0.25) is 0 Å². The molecule has 0 aromatic rings. The van der Waals surface area contributed by atoms with E-state index in [1.54, 1.807) is 41.5 Å². The molecule has 0 saturated heterocycles. The van der Waals surface area contributed by atoms with Gasteiger partial charge >= 0.3 is 18.6 Å². The molecule has 0 aliphatic rings. The van der Waals surface area contributed by atoms with Crippen LogP contribution >= 0.6 is 0 Å². The Morgan fingerprint density at radius 2 is 0.615 bits per heavy atom. The molecule has 0 rings (SSSR count). The summed E-state index contributed by atoms with van der Waals surface area (Å²) in [6.07, 6.45) is 0. The zero-order valence-electron chi connectivity index (χ0n) is 10.3. The Morgan fingerprint density at radius 1 is 0.615 bits per heavy atom. The van der Waals surface area contributed by atoms with Gasteiger partial charge in [0, 0.05) is 0 Å². The van der Waals surface area contributed by atoms with Crippen molar-refractivity contribution in [3.63, 3.8) is 0 Å². The molecule has 0 aliphatic carbocycles. The second-order valence-corrected chi connectivity index (χ2v) is 4.34. The second-order valence-electron chi connectivity index (χ2n) is 4.34. The summed E-state index contributed by atoms with van der Waals surface area (Å²) < 4.78 is 0. The van der Waals surface area contributed by atoms with Crippen molar-refractivity contribution < 1.29 is 28.8 Å². The van der Waals surface area contributed by atoms with E-state index >= 15 is 0 Å². The first-order chi connectivity index (χ1) is 4.00. The fourth-order valence-corrected chi connectivity index (χ4v) is 0. The predicted octanol–water partition coefficient (Wildman–Crippen LogP) is 2.45. The van der Waals surface area contributed by atoms with Crippen LogP contribution in [0.1, 0.15) is 41.5 Å². The van der Waals surface area contributed by atoms with Gasteiger partial charge in [0.2, 0.25) is 0 Å². The van der Waals surface area contributed by atoms with Crippen LogP contribution in [-0.2, 0) is 18.6 Å². The van der Waals surface area contributed by atoms with Crippen LogP contribution in [-0.4, -0.2) is 21.4 Å². The molecule has 13 heavy (non-hydrogen) atoms. The first kappa shape index (κ1) is 29.2. The molecule has 0 fully saturated rings. The van der Waals surface area contributed by atoms with Crippen LogP contribution < -0.4 is 0 Å². The van der Waals surface area contributed by atoms with Gasteiger partial charge in [0.1, 0.15) is 0 Å². The van der Waals surface area contributed by atoms with Gasteiger partial charge in [-0.25, -0.2) is 0 Å². The molecule has 2 N–H and O–H groups in total. The molecule has 1 radical (unpaired) electrons. The smallest absolute Gasteiger partial charge is 0.391 e. The molecule has 0 spiro atoms. The summed E-state index contributed by atoms with van der Waals surface area (Å²) in [5, 5.41) is 17.0. The normalized spacial score (nSPS) is 9.23. The molecule has 0 atom stereocenters. The van der Waals surface area contributed by atoms with Gasteiger partial charge in [0.25, 0.3) is 0 Å². The Morgan fingerprint density at radius 3 is 0.615 bits per heavy atom. The summed E-state index contributed by atoms with van der Waals surface area (Å²) in [5.74, 6) is 0. The number of aliphatic hydroxyl groups is 2. The van der Waals surface area contributed by atoms with Crippen LogP contribution in [0.5, 0.6) is 0 Å². The van der Waals surface area contributed by atoms with Gasteiger partial charge in [-0.2, -0.15) is 0 Å². The number of rotatable bonds is 0. The van der Waals surface area contributed by atoms with Gasteiger partial charge in [0.15, 0.2) is 0 Å². The molecule has 0 saturated carbocycles. The first-order valence-corrected chi connectivity index (χ1v) is 3.45. The Balaban J connectivity index is -0.0000000267. The zero-order valence-corrected chi connectivity index (χ0v) is 11.7. The van der Waals surface area contributed by atoms with E-state index in [2.05, 4.69) is 0 Å². The minimum absolute atomic E-state index is 0. The maximum atomic E-state index is 8.52. The summed E-state index contributed by atoms with van der Waals surface area (Å²) in [6, 6.07) is 0. The standard InChI is InChI=1S/2C4H10O.2CH3.V/c2*1-4(2,3)5;;;/h2*5H,1-3H3;2*1H3;/q;;2*-1;+2. The number of hydrogen-bond donors (Lipinski definition) is 2. The van der Waals surface area contributed by atoms with Crippen molar-refractivity contribution in [1.29, 1.82) is 0 Å². The van der Waals surface area contributed by atoms with Gasteiger partial charge in [-0.15, -0.1) is 0 Å². The van der Waals surface area contributed by atoms with Crippen molar-refractivity contribution in [2.75, 3.05) is 0 Å². The summed E-state index contributed by atoms with van der Waals surface area (Å²) in [6.45, 7) is 10.5. The fourth-order valence-electron chi connectivity index (χ4n) is 0. The Hall–Kier alpha value is 0.504. The maximum absolute atomic E-state index is 8.52. The molecule has 0 aliphatic heterocycles. The Bertz CT molecular complexity index is 55.9. The molecule has 0 unspecified atom stereocenters. The third-order valence-corrected chi connectivity index (χ3v) is 0. The molecule has 0 aromatic carbocycles. The van der Waals surface area contributed by atoms with Gasteiger partial charge < -0.3 is 25.1 Å². The van der Waals surface area contributed by atoms with Crippen LogP contribution in [0, 0.1) is 14.9 Å². The first-order valence-electron chi connectivity index (χ1n) is 3.45. The predicted molar refractivity (Wildman–Crippen MR) is 56.8 cm³/mol. The third-order valence-electron chi connectivity index (χ3n) is 0. The number of hydrogen-bond acceptors (Lipinski definition) is 2. The van der Waals surface area contributed by atoms with Crippen molar-refractivity contribution in [3.8, 4) is 0 Å². The summed E-state index contributed by atoms with van der Waals surface area (Å²) in [5.41, 5.74) is -1.00. The minimum Gasteiger partial charge on any atom is -0.391 e. The van der Waals surface area contributed by atoms with Crippen LogP contribution in [0.4, 0.5) is 0 Å². The van der Waals surface area contributed by atoms with Crippen molar-refractivity contribution in [2.45, 2.75) is 52.7 Å². The van der Waals surface area contributed by atoms with E-state index in [9.17, 15) is 0 Å². The largest absolute Gasteiger partial charge is 2.00 e. The molecule has 0 amide bonds. The van der Waals surface area contributed by atoms with Crippen LogP contribution in [0.2, 0.25) is 0 Å². The summed E-state index contributed by atoms with van der Waals surface area (Å²) in [4.78, 5) is 0. The SMILES string of the molecule is CC(C)(C)O.CC(C)(C)O.[CH3-].[CH3-].[V+2]. The fraction of sp³-hybridized carbons (Fsp3) is 0.800. The average molecular weight is 229 g/mol. The average Bonchev–Trinajstić information content (AvgIpc) is 1.12. The third kappa shape index (κ3) is 5420. The van der Waals surface area contributed by atoms with E-state index in [1.807, 2.05) is 0 Å². The maximum Gasteiger partial charge on any atom is 2.00 e. The monoisotopic (exact) mass is 229 g/mol. The Labute approximate surface area is 96.6 Å². The van der Waals surface area contributed by atoms with E-state index < -0.39 is 11.2 Å². The van der Waals surface area contributed by atoms with Crippen LogP contribution in [0.3, 0.4) is 0 Å². The van der Waals surface area contributed by atoms with Crippen molar-refractivity contribution in [3.05, 3.63) is 14.9 Å². The Kier molecular flexibility index (Phi) is 23.8. The molecule has 2 nitrogen and oxygen atoms in total. The van der Waals surface area contributed by atoms with Crippen molar-refractivity contribution >= 4 is 0 Å². The quantitative estimate of drug-likeness (QED) is 0.626. The molecule has 0 bridgehead atoms. The topological polar surface area (TPSA) is 40.5 Å². The molecule has 83 valence electrons. The molecule has 3 heteroatoms. The molecule has 0 aromatic heterocycles. The summed E-state index contributed by atoms with van der Waals surface area (Å²) in [7, 11) is 0. The zero-order chi connectivity index (χ0) is 9.00. The molecular formula is C10H26O2V. The van der Waals surface area contributed by atoms with Gasteiger partial charge in [0.05, 0.1) is 11.2 Å². The molecule has 0 heterocycles.